The first-order valence-corrected chi connectivity index (χ1v) is 8.59. The van der Waals surface area contributed by atoms with E-state index in [1.54, 1.807) is 0 Å². The molecule has 3 heteroatoms. The lowest BCUT2D eigenvalue weighted by atomic mass is 9.95. The lowest BCUT2D eigenvalue weighted by Crippen LogP contribution is -2.53. The lowest BCUT2D eigenvalue weighted by molar-refractivity contribution is 0.0809. The van der Waals surface area contributed by atoms with Crippen LogP contribution >= 0.6 is 0 Å². The highest BCUT2D eigenvalue weighted by Gasteiger charge is 2.31. The van der Waals surface area contributed by atoms with Crippen LogP contribution in [0.25, 0.3) is 0 Å². The molecule has 1 aromatic rings. The third-order valence-electron chi connectivity index (χ3n) is 5.19. The van der Waals surface area contributed by atoms with Gasteiger partial charge in [0.05, 0.1) is 0 Å². The Morgan fingerprint density at radius 2 is 1.90 bits per heavy atom. The summed E-state index contributed by atoms with van der Waals surface area (Å²) in [6.45, 7) is 8.29. The largest absolute Gasteiger partial charge is 0.323 e. The number of nitrogens with zero attached hydrogens (tertiary/aromatic N) is 2. The molecular formula is C18H29N3. The Bertz CT molecular complexity index is 452. The summed E-state index contributed by atoms with van der Waals surface area (Å²) in [4.78, 5) is 5.24. The van der Waals surface area contributed by atoms with Crippen LogP contribution in [0.15, 0.2) is 24.3 Å². The average molecular weight is 287 g/mol. The number of hydrogen-bond donors (Lipinski definition) is 1. The van der Waals surface area contributed by atoms with Crippen molar-refractivity contribution in [2.45, 2.75) is 44.7 Å². The molecule has 1 fully saturated rings. The molecule has 2 unspecified atom stereocenters. The van der Waals surface area contributed by atoms with E-state index in [0.29, 0.717) is 6.04 Å². The van der Waals surface area contributed by atoms with Crippen molar-refractivity contribution < 1.29 is 0 Å². The number of rotatable bonds is 3. The highest BCUT2D eigenvalue weighted by molar-refractivity contribution is 5.32. The molecule has 2 N–H and O–H groups in total. The summed E-state index contributed by atoms with van der Waals surface area (Å²) in [7, 11) is 0. The second-order valence-corrected chi connectivity index (χ2v) is 6.56. The van der Waals surface area contributed by atoms with Crippen molar-refractivity contribution in [1.82, 2.24) is 9.80 Å². The number of nitrogens with two attached hydrogens (primary N) is 1. The highest BCUT2D eigenvalue weighted by atomic mass is 15.3. The monoisotopic (exact) mass is 287 g/mol. The van der Waals surface area contributed by atoms with Gasteiger partial charge in [0, 0.05) is 38.3 Å². The molecule has 0 bridgehead atoms. The average Bonchev–Trinajstić information content (AvgIpc) is 2.68. The summed E-state index contributed by atoms with van der Waals surface area (Å²) in [5, 5.41) is 0. The molecule has 2 atom stereocenters. The van der Waals surface area contributed by atoms with E-state index in [-0.39, 0.29) is 6.04 Å². The maximum Gasteiger partial charge on any atom is 0.0455 e. The predicted molar refractivity (Wildman–Crippen MR) is 88.4 cm³/mol. The fourth-order valence-electron chi connectivity index (χ4n) is 4.02. The molecule has 0 aromatic heterocycles. The summed E-state index contributed by atoms with van der Waals surface area (Å²) in [6.07, 6.45) is 4.96. The van der Waals surface area contributed by atoms with Crippen molar-refractivity contribution in [3.05, 3.63) is 35.4 Å². The molecular weight excluding hydrogens is 258 g/mol. The molecule has 1 saturated heterocycles. The highest BCUT2D eigenvalue weighted by Crippen LogP contribution is 2.30. The zero-order valence-corrected chi connectivity index (χ0v) is 13.3. The van der Waals surface area contributed by atoms with Crippen LogP contribution in [-0.2, 0) is 6.42 Å². The maximum atomic E-state index is 6.66. The van der Waals surface area contributed by atoms with Crippen molar-refractivity contribution in [3.63, 3.8) is 0 Å². The molecule has 0 saturated carbocycles. The van der Waals surface area contributed by atoms with Gasteiger partial charge >= 0.3 is 0 Å². The van der Waals surface area contributed by atoms with E-state index < -0.39 is 0 Å². The van der Waals surface area contributed by atoms with E-state index in [1.807, 2.05) is 0 Å². The maximum absolute atomic E-state index is 6.66. The SMILES string of the molecule is CCCN1CCN(C2CCCc3ccccc3C2N)CC1. The Morgan fingerprint density at radius 1 is 1.14 bits per heavy atom. The molecule has 21 heavy (non-hydrogen) atoms. The number of piperazine rings is 1. The topological polar surface area (TPSA) is 32.5 Å². The van der Waals surface area contributed by atoms with E-state index in [0.717, 1.165) is 0 Å². The van der Waals surface area contributed by atoms with E-state index in [4.69, 9.17) is 5.73 Å². The van der Waals surface area contributed by atoms with E-state index in [2.05, 4.69) is 41.0 Å². The van der Waals surface area contributed by atoms with Crippen LogP contribution in [0.4, 0.5) is 0 Å². The Morgan fingerprint density at radius 3 is 2.67 bits per heavy atom. The van der Waals surface area contributed by atoms with E-state index in [1.165, 1.54) is 69.5 Å². The summed E-state index contributed by atoms with van der Waals surface area (Å²) >= 11 is 0. The van der Waals surface area contributed by atoms with Gasteiger partial charge in [0.15, 0.2) is 0 Å². The van der Waals surface area contributed by atoms with Crippen LogP contribution < -0.4 is 5.73 Å². The van der Waals surface area contributed by atoms with Crippen LogP contribution in [0.5, 0.6) is 0 Å². The zero-order valence-electron chi connectivity index (χ0n) is 13.3. The molecule has 1 aliphatic heterocycles. The Balaban J connectivity index is 1.69. The van der Waals surface area contributed by atoms with E-state index >= 15 is 0 Å². The number of benzene rings is 1. The van der Waals surface area contributed by atoms with E-state index in [9.17, 15) is 0 Å². The molecule has 116 valence electrons. The third kappa shape index (κ3) is 3.31. The van der Waals surface area contributed by atoms with Gasteiger partial charge in [-0.2, -0.15) is 0 Å². The first kappa shape index (κ1) is 15.0. The molecule has 1 aromatic carbocycles. The quantitative estimate of drug-likeness (QED) is 0.867. The van der Waals surface area contributed by atoms with Crippen molar-refractivity contribution in [1.29, 1.82) is 0 Å². The summed E-state index contributed by atoms with van der Waals surface area (Å²) in [5.74, 6) is 0. The first-order chi connectivity index (χ1) is 10.3. The standard InChI is InChI=1S/C18H29N3/c1-2-10-20-11-13-21(14-12-20)17-9-5-7-15-6-3-4-8-16(15)18(17)19/h3-4,6,8,17-18H,2,5,7,9-14,19H2,1H3. The second-order valence-electron chi connectivity index (χ2n) is 6.56. The van der Waals surface area contributed by atoms with Crippen LogP contribution in [0.3, 0.4) is 0 Å². The number of fused-ring (bicyclic) bond motifs is 1. The zero-order chi connectivity index (χ0) is 14.7. The minimum atomic E-state index is 0.182. The predicted octanol–water partition coefficient (Wildman–Crippen LogP) is 2.42. The van der Waals surface area contributed by atoms with Gasteiger partial charge in [-0.05, 0) is 43.4 Å². The normalized spacial score (nSPS) is 28.1. The number of aryl methyl sites for hydroxylation is 1. The molecule has 2 aliphatic rings. The Hall–Kier alpha value is -0.900. The molecule has 3 rings (SSSR count). The van der Waals surface area contributed by atoms with Gasteiger partial charge in [0.25, 0.3) is 0 Å². The molecule has 0 spiro atoms. The molecule has 1 heterocycles. The van der Waals surface area contributed by atoms with Crippen molar-refractivity contribution >= 4 is 0 Å². The van der Waals surface area contributed by atoms with Gasteiger partial charge in [-0.15, -0.1) is 0 Å². The van der Waals surface area contributed by atoms with Gasteiger partial charge in [-0.1, -0.05) is 31.2 Å². The van der Waals surface area contributed by atoms with Crippen molar-refractivity contribution in [2.24, 2.45) is 5.73 Å². The summed E-state index contributed by atoms with van der Waals surface area (Å²) in [5.41, 5.74) is 9.51. The molecule has 3 nitrogen and oxygen atoms in total. The first-order valence-electron chi connectivity index (χ1n) is 8.59. The van der Waals surface area contributed by atoms with Gasteiger partial charge in [0.1, 0.15) is 0 Å². The summed E-state index contributed by atoms with van der Waals surface area (Å²) in [6, 6.07) is 9.50. The van der Waals surface area contributed by atoms with Gasteiger partial charge in [-0.25, -0.2) is 0 Å². The fraction of sp³-hybridized carbons (Fsp3) is 0.667. The van der Waals surface area contributed by atoms with Crippen LogP contribution in [0.2, 0.25) is 0 Å². The molecule has 0 amide bonds. The van der Waals surface area contributed by atoms with Crippen LogP contribution in [-0.4, -0.2) is 48.6 Å². The van der Waals surface area contributed by atoms with Gasteiger partial charge in [-0.3, -0.25) is 4.90 Å². The van der Waals surface area contributed by atoms with Gasteiger partial charge in [0.2, 0.25) is 0 Å². The molecule has 0 radical (unpaired) electrons. The second kappa shape index (κ2) is 6.91. The van der Waals surface area contributed by atoms with Crippen LogP contribution in [0.1, 0.15) is 43.4 Å². The lowest BCUT2D eigenvalue weighted by Gasteiger charge is -2.41. The molecule has 1 aliphatic carbocycles. The minimum Gasteiger partial charge on any atom is -0.323 e. The van der Waals surface area contributed by atoms with Crippen molar-refractivity contribution in [2.75, 3.05) is 32.7 Å². The Kier molecular flexibility index (Phi) is 4.94. The van der Waals surface area contributed by atoms with Crippen LogP contribution in [0, 0.1) is 0 Å². The minimum absolute atomic E-state index is 0.182. The Labute approximate surface area is 129 Å². The van der Waals surface area contributed by atoms with Crippen molar-refractivity contribution in [3.8, 4) is 0 Å². The van der Waals surface area contributed by atoms with Gasteiger partial charge < -0.3 is 10.6 Å². The number of hydrogen-bond acceptors (Lipinski definition) is 3. The smallest absolute Gasteiger partial charge is 0.0455 e. The summed E-state index contributed by atoms with van der Waals surface area (Å²) < 4.78 is 0. The third-order valence-corrected chi connectivity index (χ3v) is 5.19. The fourth-order valence-corrected chi connectivity index (χ4v) is 4.02.